The number of hydrogen-bond donors (Lipinski definition) is 2. The highest BCUT2D eigenvalue weighted by Crippen LogP contribution is 2.35. The maximum atomic E-state index is 11.6. The summed E-state index contributed by atoms with van der Waals surface area (Å²) in [6.45, 7) is 6.26. The highest BCUT2D eigenvalue weighted by atomic mass is 35.5. The number of rotatable bonds is 2. The van der Waals surface area contributed by atoms with Crippen LogP contribution in [0.25, 0.3) is 0 Å². The summed E-state index contributed by atoms with van der Waals surface area (Å²) in [5.74, 6) is -0.326. The van der Waals surface area contributed by atoms with E-state index in [2.05, 4.69) is 0 Å². The molecule has 2 N–H and O–H groups in total. The fourth-order valence-corrected chi connectivity index (χ4v) is 3.15. The van der Waals surface area contributed by atoms with Crippen LogP contribution in [0, 0.1) is 5.41 Å². The number of nitrogens with zero attached hydrogens (tertiary/aromatic N) is 1. The van der Waals surface area contributed by atoms with E-state index in [0.29, 0.717) is 10.0 Å². The number of benzene rings is 1. The number of halogens is 2. The molecule has 0 aliphatic carbocycles. The van der Waals surface area contributed by atoms with Gasteiger partial charge in [-0.1, -0.05) is 50.0 Å². The molecule has 2 rings (SSSR count). The average molecular weight is 376 g/mol. The van der Waals surface area contributed by atoms with E-state index in [1.54, 1.807) is 18.2 Å². The fourth-order valence-electron chi connectivity index (χ4n) is 2.85. The molecule has 24 heavy (non-hydrogen) atoms. The minimum absolute atomic E-state index is 0.203. The molecule has 7 heteroatoms. The number of amides is 1. The van der Waals surface area contributed by atoms with Crippen molar-refractivity contribution in [2.24, 2.45) is 5.41 Å². The van der Waals surface area contributed by atoms with E-state index in [9.17, 15) is 15.0 Å². The van der Waals surface area contributed by atoms with Gasteiger partial charge >= 0.3 is 6.09 Å². The van der Waals surface area contributed by atoms with E-state index in [1.165, 1.54) is 4.90 Å². The van der Waals surface area contributed by atoms with E-state index in [0.717, 1.165) is 5.56 Å². The van der Waals surface area contributed by atoms with Crippen LogP contribution in [-0.4, -0.2) is 53.1 Å². The molecule has 1 aliphatic rings. The summed E-state index contributed by atoms with van der Waals surface area (Å²) in [6.07, 6.45) is -1.84. The summed E-state index contributed by atoms with van der Waals surface area (Å²) in [4.78, 5) is 13.0. The van der Waals surface area contributed by atoms with Gasteiger partial charge < -0.3 is 19.8 Å². The van der Waals surface area contributed by atoms with Crippen molar-refractivity contribution in [2.75, 3.05) is 19.7 Å². The normalized spacial score (nSPS) is 25.4. The molecule has 1 aromatic rings. The van der Waals surface area contributed by atoms with Crippen molar-refractivity contribution < 1.29 is 19.7 Å². The second-order valence-electron chi connectivity index (χ2n) is 7.18. The van der Waals surface area contributed by atoms with E-state index >= 15 is 0 Å². The van der Waals surface area contributed by atoms with Gasteiger partial charge in [0.05, 0.1) is 35.4 Å². The SMILES string of the molecule is CC(C)(C)[C@@H]1CN(C(=O)O)C[C@H](c2ccc(Cl)c(Cl)c2)[C@@H](CO)O1. The molecule has 0 saturated carbocycles. The zero-order chi connectivity index (χ0) is 18.1. The highest BCUT2D eigenvalue weighted by Gasteiger charge is 2.39. The minimum Gasteiger partial charge on any atom is -0.465 e. The summed E-state index contributed by atoms with van der Waals surface area (Å²) in [7, 11) is 0. The molecule has 0 unspecified atom stereocenters. The lowest BCUT2D eigenvalue weighted by Gasteiger charge is -2.33. The number of carbonyl (C=O) groups is 1. The van der Waals surface area contributed by atoms with Crippen LogP contribution in [0.15, 0.2) is 18.2 Å². The van der Waals surface area contributed by atoms with Gasteiger partial charge in [0.25, 0.3) is 0 Å². The quantitative estimate of drug-likeness (QED) is 0.822. The molecule has 1 heterocycles. The Labute approximate surface area is 152 Å². The van der Waals surface area contributed by atoms with Crippen LogP contribution in [-0.2, 0) is 4.74 Å². The molecule has 0 bridgehead atoms. The molecule has 1 amide bonds. The van der Waals surface area contributed by atoms with Gasteiger partial charge in [-0.25, -0.2) is 4.79 Å². The zero-order valence-corrected chi connectivity index (χ0v) is 15.5. The number of carboxylic acid groups (broad SMARTS) is 1. The third-order valence-corrected chi connectivity index (χ3v) is 5.12. The Morgan fingerprint density at radius 1 is 1.29 bits per heavy atom. The fraction of sp³-hybridized carbons (Fsp3) is 0.588. The lowest BCUT2D eigenvalue weighted by molar-refractivity contribution is -0.0831. The number of aliphatic hydroxyl groups is 1. The predicted octanol–water partition coefficient (Wildman–Crippen LogP) is 3.86. The molecule has 5 nitrogen and oxygen atoms in total. The van der Waals surface area contributed by atoms with Gasteiger partial charge in [-0.15, -0.1) is 0 Å². The van der Waals surface area contributed by atoms with Gasteiger partial charge in [-0.05, 0) is 23.1 Å². The Hall–Kier alpha value is -1.01. The van der Waals surface area contributed by atoms with Crippen LogP contribution >= 0.6 is 23.2 Å². The molecule has 1 saturated heterocycles. The lowest BCUT2D eigenvalue weighted by Crippen LogP contribution is -2.42. The Kier molecular flexibility index (Phi) is 6.02. The maximum Gasteiger partial charge on any atom is 0.407 e. The molecule has 1 aromatic carbocycles. The van der Waals surface area contributed by atoms with E-state index in [4.69, 9.17) is 27.9 Å². The first-order chi connectivity index (χ1) is 11.1. The Morgan fingerprint density at radius 3 is 2.46 bits per heavy atom. The summed E-state index contributed by atoms with van der Waals surface area (Å²) < 4.78 is 6.11. The maximum absolute atomic E-state index is 11.6. The van der Waals surface area contributed by atoms with Crippen molar-refractivity contribution in [3.05, 3.63) is 33.8 Å². The third-order valence-electron chi connectivity index (χ3n) is 4.38. The number of ether oxygens (including phenoxy) is 1. The van der Waals surface area contributed by atoms with Crippen molar-refractivity contribution >= 4 is 29.3 Å². The van der Waals surface area contributed by atoms with Crippen molar-refractivity contribution in [1.82, 2.24) is 4.90 Å². The first kappa shape index (κ1) is 19.3. The monoisotopic (exact) mass is 375 g/mol. The standard InChI is InChI=1S/C17H23Cl2NO4/c1-17(2,3)15-8-20(16(22)23)7-11(14(9-21)24-15)10-4-5-12(18)13(19)6-10/h4-6,11,14-15,21H,7-9H2,1-3H3,(H,22,23)/t11-,14-,15+/m1/s1. The van der Waals surface area contributed by atoms with Crippen molar-refractivity contribution in [1.29, 1.82) is 0 Å². The van der Waals surface area contributed by atoms with E-state index in [-0.39, 0.29) is 37.1 Å². The van der Waals surface area contributed by atoms with Crippen LogP contribution in [0.1, 0.15) is 32.3 Å². The first-order valence-electron chi connectivity index (χ1n) is 7.82. The zero-order valence-electron chi connectivity index (χ0n) is 14.0. The predicted molar refractivity (Wildman–Crippen MR) is 94.0 cm³/mol. The molecule has 0 radical (unpaired) electrons. The van der Waals surface area contributed by atoms with Crippen LogP contribution < -0.4 is 0 Å². The topological polar surface area (TPSA) is 70.0 Å². The van der Waals surface area contributed by atoms with Crippen molar-refractivity contribution in [3.63, 3.8) is 0 Å². The highest BCUT2D eigenvalue weighted by molar-refractivity contribution is 6.42. The summed E-state index contributed by atoms with van der Waals surface area (Å²) in [5.41, 5.74) is 0.539. The molecular weight excluding hydrogens is 353 g/mol. The minimum atomic E-state index is -1.00. The van der Waals surface area contributed by atoms with E-state index < -0.39 is 12.2 Å². The molecule has 3 atom stereocenters. The van der Waals surface area contributed by atoms with E-state index in [1.807, 2.05) is 20.8 Å². The second kappa shape index (κ2) is 7.48. The number of hydrogen-bond acceptors (Lipinski definition) is 3. The summed E-state index contributed by atoms with van der Waals surface area (Å²) >= 11 is 12.1. The van der Waals surface area contributed by atoms with Crippen molar-refractivity contribution in [3.8, 4) is 0 Å². The largest absolute Gasteiger partial charge is 0.465 e. The summed E-state index contributed by atoms with van der Waals surface area (Å²) in [5, 5.41) is 20.2. The molecule has 0 aromatic heterocycles. The Morgan fingerprint density at radius 2 is 1.96 bits per heavy atom. The van der Waals surface area contributed by atoms with Crippen LogP contribution in [0.5, 0.6) is 0 Å². The van der Waals surface area contributed by atoms with Gasteiger partial charge in [0.1, 0.15) is 0 Å². The van der Waals surface area contributed by atoms with Crippen LogP contribution in [0.3, 0.4) is 0 Å². The lowest BCUT2D eigenvalue weighted by atomic mass is 9.88. The first-order valence-corrected chi connectivity index (χ1v) is 8.58. The van der Waals surface area contributed by atoms with Gasteiger partial charge in [-0.3, -0.25) is 0 Å². The molecule has 134 valence electrons. The average Bonchev–Trinajstić information content (AvgIpc) is 2.69. The van der Waals surface area contributed by atoms with Gasteiger partial charge in [0, 0.05) is 12.5 Å². The second-order valence-corrected chi connectivity index (χ2v) is 7.99. The third kappa shape index (κ3) is 4.33. The van der Waals surface area contributed by atoms with Gasteiger partial charge in [-0.2, -0.15) is 0 Å². The van der Waals surface area contributed by atoms with Crippen molar-refractivity contribution in [2.45, 2.75) is 38.9 Å². The summed E-state index contributed by atoms with van der Waals surface area (Å²) in [6, 6.07) is 5.17. The molecular formula is C17H23Cl2NO4. The molecule has 1 fully saturated rings. The number of aliphatic hydroxyl groups excluding tert-OH is 1. The molecule has 0 spiro atoms. The van der Waals surface area contributed by atoms with Gasteiger partial charge in [0.2, 0.25) is 0 Å². The van der Waals surface area contributed by atoms with Gasteiger partial charge in [0.15, 0.2) is 0 Å². The Bertz CT molecular complexity index is 603. The van der Waals surface area contributed by atoms with Crippen LogP contribution in [0.2, 0.25) is 10.0 Å². The van der Waals surface area contributed by atoms with Crippen LogP contribution in [0.4, 0.5) is 4.79 Å². The Balaban J connectivity index is 2.41. The smallest absolute Gasteiger partial charge is 0.407 e. The molecule has 1 aliphatic heterocycles.